The maximum atomic E-state index is 13.8. The molecule has 4 saturated carbocycles. The van der Waals surface area contributed by atoms with Crippen LogP contribution in [0.15, 0.2) is 66.7 Å². The van der Waals surface area contributed by atoms with Gasteiger partial charge in [-0.25, -0.2) is 13.1 Å². The highest BCUT2D eigenvalue weighted by Gasteiger charge is 2.52. The average molecular weight is 682 g/mol. The number of phenols is 1. The molecule has 0 aromatic heterocycles. The fourth-order valence-corrected chi connectivity index (χ4v) is 10.7. The van der Waals surface area contributed by atoms with E-state index in [1.54, 1.807) is 30.3 Å². The maximum Gasteiger partial charge on any atom is 0.416 e. The molecule has 2 N–H and O–H groups in total. The first-order valence-electron chi connectivity index (χ1n) is 16.5. The van der Waals surface area contributed by atoms with E-state index < -0.39 is 33.6 Å². The fourth-order valence-electron chi connectivity index (χ4n) is 9.05. The van der Waals surface area contributed by atoms with Crippen molar-refractivity contribution in [2.45, 2.75) is 44.7 Å². The quantitative estimate of drug-likeness (QED) is 0.303. The van der Waals surface area contributed by atoms with E-state index in [4.69, 9.17) is 0 Å². The van der Waals surface area contributed by atoms with Crippen LogP contribution in [0.1, 0.15) is 64.8 Å². The van der Waals surface area contributed by atoms with E-state index in [0.717, 1.165) is 37.1 Å². The molecule has 3 aromatic rings. The number of hydrogen-bond acceptors (Lipinski definition) is 6. The van der Waals surface area contributed by atoms with Crippen molar-refractivity contribution in [1.29, 1.82) is 0 Å². The Bertz CT molecular complexity index is 1800. The van der Waals surface area contributed by atoms with Crippen molar-refractivity contribution in [1.82, 2.24) is 9.62 Å². The lowest BCUT2D eigenvalue weighted by molar-refractivity contribution is -0.137. The number of benzene rings is 3. The minimum absolute atomic E-state index is 0.00597. The molecule has 12 heteroatoms. The Kier molecular flexibility index (Phi) is 8.20. The number of hydrogen-bond donors (Lipinski definition) is 2. The summed E-state index contributed by atoms with van der Waals surface area (Å²) in [5, 5.41) is 9.84. The van der Waals surface area contributed by atoms with E-state index in [9.17, 15) is 36.3 Å². The molecule has 1 aliphatic heterocycles. The first-order valence-corrected chi connectivity index (χ1v) is 18.1. The molecule has 8 rings (SSSR count). The SMILES string of the molecule is O=C(NS(=O)(=O)CC12CC3CC(CC(C3)C1)C2)c1ccc(N2CCN(C(=O)c3cc(-c4cccc(O)c4)cc(C(F)(F)F)c3)CC2)cc1. The highest BCUT2D eigenvalue weighted by atomic mass is 32.2. The van der Waals surface area contributed by atoms with Crippen LogP contribution in [-0.4, -0.2) is 62.2 Å². The lowest BCUT2D eigenvalue weighted by Crippen LogP contribution is -2.51. The summed E-state index contributed by atoms with van der Waals surface area (Å²) in [6, 6.07) is 15.7. The Balaban J connectivity index is 0.974. The van der Waals surface area contributed by atoms with Crippen molar-refractivity contribution in [2.75, 3.05) is 36.8 Å². The molecule has 0 atom stereocenters. The average Bonchev–Trinajstić information content (AvgIpc) is 3.02. The number of aromatic hydroxyl groups is 1. The number of carbonyl (C=O) groups is 2. The van der Waals surface area contributed by atoms with Gasteiger partial charge >= 0.3 is 6.18 Å². The van der Waals surface area contributed by atoms with Crippen molar-refractivity contribution in [3.8, 4) is 16.9 Å². The number of nitrogens with zero attached hydrogens (tertiary/aromatic N) is 2. The van der Waals surface area contributed by atoms with Crippen LogP contribution in [-0.2, 0) is 16.2 Å². The number of amides is 2. The van der Waals surface area contributed by atoms with Crippen molar-refractivity contribution in [2.24, 2.45) is 23.2 Å². The van der Waals surface area contributed by atoms with E-state index in [1.165, 1.54) is 48.4 Å². The molecule has 0 radical (unpaired) electrons. The first-order chi connectivity index (χ1) is 22.7. The molecule has 5 aliphatic rings. The van der Waals surface area contributed by atoms with Crippen LogP contribution < -0.4 is 9.62 Å². The minimum atomic E-state index is -4.66. The lowest BCUT2D eigenvalue weighted by atomic mass is 9.50. The smallest absolute Gasteiger partial charge is 0.416 e. The summed E-state index contributed by atoms with van der Waals surface area (Å²) in [6.07, 6.45) is 1.76. The largest absolute Gasteiger partial charge is 0.508 e. The van der Waals surface area contributed by atoms with Crippen LogP contribution >= 0.6 is 0 Å². The molecule has 1 saturated heterocycles. The van der Waals surface area contributed by atoms with Gasteiger partial charge in [-0.3, -0.25) is 9.59 Å². The number of sulfonamides is 1. The molecule has 1 heterocycles. The molecule has 254 valence electrons. The number of nitrogens with one attached hydrogen (secondary N) is 1. The van der Waals surface area contributed by atoms with Gasteiger partial charge in [0, 0.05) is 43.0 Å². The Hall–Kier alpha value is -4.06. The molecule has 48 heavy (non-hydrogen) atoms. The van der Waals surface area contributed by atoms with Crippen LogP contribution in [0.25, 0.3) is 11.1 Å². The Morgan fingerprint density at radius 2 is 1.44 bits per heavy atom. The third kappa shape index (κ3) is 6.76. The van der Waals surface area contributed by atoms with Crippen LogP contribution in [0.3, 0.4) is 0 Å². The summed E-state index contributed by atoms with van der Waals surface area (Å²) in [4.78, 5) is 29.9. The second-order valence-corrected chi connectivity index (χ2v) is 16.0. The van der Waals surface area contributed by atoms with Gasteiger partial charge in [-0.1, -0.05) is 12.1 Å². The summed E-state index contributed by atoms with van der Waals surface area (Å²) in [6.45, 7) is 1.35. The molecular formula is C36H38F3N3O5S. The maximum absolute atomic E-state index is 13.8. The van der Waals surface area contributed by atoms with Gasteiger partial charge in [0.05, 0.1) is 11.3 Å². The zero-order valence-electron chi connectivity index (χ0n) is 26.4. The highest BCUT2D eigenvalue weighted by molar-refractivity contribution is 7.90. The van der Waals surface area contributed by atoms with E-state index in [1.807, 2.05) is 4.90 Å². The third-order valence-electron chi connectivity index (χ3n) is 10.7. The molecule has 0 unspecified atom stereocenters. The molecule has 4 aliphatic carbocycles. The van der Waals surface area contributed by atoms with Crippen molar-refractivity contribution >= 4 is 27.5 Å². The first kappa shape index (κ1) is 32.5. The number of piperazine rings is 1. The summed E-state index contributed by atoms with van der Waals surface area (Å²) in [7, 11) is -3.81. The number of phenolic OH excluding ortho intramolecular Hbond substituents is 1. The monoisotopic (exact) mass is 681 g/mol. The van der Waals surface area contributed by atoms with E-state index in [0.29, 0.717) is 36.4 Å². The van der Waals surface area contributed by atoms with Gasteiger partial charge in [-0.15, -0.1) is 0 Å². The van der Waals surface area contributed by atoms with E-state index >= 15 is 0 Å². The normalized spacial score (nSPS) is 25.3. The highest BCUT2D eigenvalue weighted by Crippen LogP contribution is 2.60. The summed E-state index contributed by atoms with van der Waals surface area (Å²) < 4.78 is 69.9. The third-order valence-corrected chi connectivity index (χ3v) is 12.1. The van der Waals surface area contributed by atoms with Gasteiger partial charge in [0.1, 0.15) is 5.75 Å². The molecule has 3 aromatic carbocycles. The van der Waals surface area contributed by atoms with Gasteiger partial charge in [0.15, 0.2) is 0 Å². The molecule has 4 bridgehead atoms. The van der Waals surface area contributed by atoms with Crippen molar-refractivity contribution in [3.63, 3.8) is 0 Å². The van der Waals surface area contributed by atoms with Gasteiger partial charge in [0.25, 0.3) is 11.8 Å². The molecular weight excluding hydrogens is 643 g/mol. The predicted octanol–water partition coefficient (Wildman–Crippen LogP) is 6.32. The van der Waals surface area contributed by atoms with E-state index in [-0.39, 0.29) is 46.7 Å². The molecule has 8 nitrogen and oxygen atoms in total. The topological polar surface area (TPSA) is 107 Å². The molecule has 5 fully saturated rings. The second-order valence-electron chi connectivity index (χ2n) is 14.3. The van der Waals surface area contributed by atoms with Crippen LogP contribution in [0.2, 0.25) is 0 Å². The second kappa shape index (κ2) is 12.1. The Morgan fingerprint density at radius 3 is 2.02 bits per heavy atom. The van der Waals surface area contributed by atoms with Gasteiger partial charge in [-0.05, 0) is 127 Å². The van der Waals surface area contributed by atoms with Crippen molar-refractivity contribution in [3.05, 3.63) is 83.4 Å². The summed E-state index contributed by atoms with van der Waals surface area (Å²) in [5.74, 6) is 0.544. The molecule has 0 spiro atoms. The number of halogens is 3. The van der Waals surface area contributed by atoms with Gasteiger partial charge in [0.2, 0.25) is 10.0 Å². The zero-order chi connectivity index (χ0) is 33.8. The Morgan fingerprint density at radius 1 is 0.812 bits per heavy atom. The minimum Gasteiger partial charge on any atom is -0.508 e. The van der Waals surface area contributed by atoms with Crippen LogP contribution in [0.4, 0.5) is 18.9 Å². The number of carbonyl (C=O) groups excluding carboxylic acids is 2. The molecule has 2 amide bonds. The predicted molar refractivity (Wildman–Crippen MR) is 175 cm³/mol. The number of alkyl halides is 3. The van der Waals surface area contributed by atoms with Gasteiger partial charge < -0.3 is 14.9 Å². The van der Waals surface area contributed by atoms with Crippen LogP contribution in [0.5, 0.6) is 5.75 Å². The number of rotatable bonds is 7. The zero-order valence-corrected chi connectivity index (χ0v) is 27.2. The number of anilines is 1. The lowest BCUT2D eigenvalue weighted by Gasteiger charge is -2.56. The van der Waals surface area contributed by atoms with E-state index in [2.05, 4.69) is 4.72 Å². The van der Waals surface area contributed by atoms with Crippen LogP contribution in [0, 0.1) is 23.2 Å². The van der Waals surface area contributed by atoms with Gasteiger partial charge in [-0.2, -0.15) is 13.2 Å². The summed E-state index contributed by atoms with van der Waals surface area (Å²) in [5.41, 5.74) is 0.280. The Labute approximate surface area is 278 Å². The van der Waals surface area contributed by atoms with Crippen molar-refractivity contribution < 1.29 is 36.3 Å². The summed E-state index contributed by atoms with van der Waals surface area (Å²) >= 11 is 0. The fraction of sp³-hybridized carbons (Fsp3) is 0.444. The standard InChI is InChI=1S/C36H38F3N3O5S/c37-36(38,39)30-16-28(27-2-1-3-32(43)18-27)15-29(17-30)34(45)42-10-8-41(9-11-42)31-6-4-26(5-7-31)33(44)40-48(46,47)22-35-19-23-12-24(20-35)14-25(13-23)21-35/h1-7,15-18,23-25,43H,8-14,19-22H2,(H,40,44).